The summed E-state index contributed by atoms with van der Waals surface area (Å²) in [6.07, 6.45) is 8.60. The van der Waals surface area contributed by atoms with Gasteiger partial charge in [0.25, 0.3) is 0 Å². The van der Waals surface area contributed by atoms with E-state index in [9.17, 15) is 0 Å². The zero-order valence-corrected chi connectivity index (χ0v) is 16.1. The molecule has 140 valence electrons. The minimum Gasteiger partial charge on any atom is -0.375 e. The lowest BCUT2D eigenvalue weighted by atomic mass is 9.85. The van der Waals surface area contributed by atoms with Crippen molar-refractivity contribution in [2.75, 3.05) is 19.7 Å². The SMILES string of the molecule is CCc1c(C(CC)CCN2CCOC3CCC32)cnn1-c1ccccc1. The quantitative estimate of drug-likeness (QED) is 0.748. The van der Waals surface area contributed by atoms with Gasteiger partial charge >= 0.3 is 0 Å². The van der Waals surface area contributed by atoms with Crippen molar-refractivity contribution < 1.29 is 4.74 Å². The summed E-state index contributed by atoms with van der Waals surface area (Å²) in [7, 11) is 0. The summed E-state index contributed by atoms with van der Waals surface area (Å²) < 4.78 is 7.99. The smallest absolute Gasteiger partial charge is 0.0731 e. The van der Waals surface area contributed by atoms with E-state index in [2.05, 4.69) is 60.0 Å². The van der Waals surface area contributed by atoms with E-state index in [-0.39, 0.29) is 0 Å². The molecule has 4 rings (SSSR count). The van der Waals surface area contributed by atoms with Crippen LogP contribution in [-0.2, 0) is 11.2 Å². The van der Waals surface area contributed by atoms with E-state index < -0.39 is 0 Å². The summed E-state index contributed by atoms with van der Waals surface area (Å²) in [5.74, 6) is 0.587. The third kappa shape index (κ3) is 3.33. The van der Waals surface area contributed by atoms with Gasteiger partial charge in [-0.3, -0.25) is 4.90 Å². The van der Waals surface area contributed by atoms with Crippen molar-refractivity contribution >= 4 is 0 Å². The molecule has 2 aromatic rings. The van der Waals surface area contributed by atoms with Crippen molar-refractivity contribution in [3.05, 3.63) is 47.8 Å². The van der Waals surface area contributed by atoms with E-state index in [1.54, 1.807) is 0 Å². The Balaban J connectivity index is 1.49. The van der Waals surface area contributed by atoms with Crippen LogP contribution >= 0.6 is 0 Å². The molecule has 1 aromatic carbocycles. The highest BCUT2D eigenvalue weighted by atomic mass is 16.5. The summed E-state index contributed by atoms with van der Waals surface area (Å²) in [6, 6.07) is 11.2. The van der Waals surface area contributed by atoms with E-state index in [0.29, 0.717) is 18.1 Å². The van der Waals surface area contributed by atoms with Gasteiger partial charge in [-0.2, -0.15) is 5.10 Å². The number of benzene rings is 1. The maximum absolute atomic E-state index is 5.86. The second-order valence-corrected chi connectivity index (χ2v) is 7.63. The molecule has 26 heavy (non-hydrogen) atoms. The third-order valence-corrected chi connectivity index (χ3v) is 6.29. The fraction of sp³-hybridized carbons (Fsp3) is 0.591. The summed E-state index contributed by atoms with van der Waals surface area (Å²) in [6.45, 7) is 7.75. The molecule has 2 aliphatic rings. The van der Waals surface area contributed by atoms with Crippen LogP contribution in [0.5, 0.6) is 0 Å². The van der Waals surface area contributed by atoms with Crippen molar-refractivity contribution in [1.82, 2.24) is 14.7 Å². The summed E-state index contributed by atoms with van der Waals surface area (Å²) in [5, 5.41) is 4.74. The average Bonchev–Trinajstić information content (AvgIpc) is 3.08. The highest BCUT2D eigenvalue weighted by Crippen LogP contribution is 2.34. The molecule has 3 atom stereocenters. The van der Waals surface area contributed by atoms with Crippen molar-refractivity contribution in [3.8, 4) is 5.69 Å². The molecule has 1 saturated carbocycles. The van der Waals surface area contributed by atoms with Crippen molar-refractivity contribution in [2.45, 2.75) is 64.0 Å². The number of para-hydroxylation sites is 1. The van der Waals surface area contributed by atoms with Crippen molar-refractivity contribution in [1.29, 1.82) is 0 Å². The molecule has 2 fully saturated rings. The van der Waals surface area contributed by atoms with Crippen LogP contribution in [-0.4, -0.2) is 46.5 Å². The Hall–Kier alpha value is -1.65. The highest BCUT2D eigenvalue weighted by molar-refractivity contribution is 5.36. The van der Waals surface area contributed by atoms with Gasteiger partial charge in [-0.25, -0.2) is 4.68 Å². The van der Waals surface area contributed by atoms with Crippen LogP contribution in [0.3, 0.4) is 0 Å². The number of nitrogens with zero attached hydrogens (tertiary/aromatic N) is 3. The minimum atomic E-state index is 0.510. The molecule has 4 heteroatoms. The lowest BCUT2D eigenvalue weighted by Gasteiger charge is -2.48. The monoisotopic (exact) mass is 353 g/mol. The molecule has 1 aliphatic carbocycles. The van der Waals surface area contributed by atoms with E-state index in [4.69, 9.17) is 9.84 Å². The molecular weight excluding hydrogens is 322 g/mol. The van der Waals surface area contributed by atoms with Gasteiger partial charge in [-0.15, -0.1) is 0 Å². The van der Waals surface area contributed by atoms with Gasteiger partial charge in [0.2, 0.25) is 0 Å². The molecule has 2 heterocycles. The molecule has 3 unspecified atom stereocenters. The van der Waals surface area contributed by atoms with Crippen molar-refractivity contribution in [3.63, 3.8) is 0 Å². The second kappa shape index (κ2) is 7.93. The predicted molar refractivity (Wildman–Crippen MR) is 105 cm³/mol. The molecule has 0 N–H and O–H groups in total. The maximum Gasteiger partial charge on any atom is 0.0731 e. The molecule has 1 saturated heterocycles. The number of ether oxygens (including phenoxy) is 1. The maximum atomic E-state index is 5.86. The highest BCUT2D eigenvalue weighted by Gasteiger charge is 2.39. The summed E-state index contributed by atoms with van der Waals surface area (Å²) >= 11 is 0. The lowest BCUT2D eigenvalue weighted by molar-refractivity contribution is -0.121. The first-order valence-electron chi connectivity index (χ1n) is 10.3. The summed E-state index contributed by atoms with van der Waals surface area (Å²) in [4.78, 5) is 2.67. The Labute approximate surface area is 157 Å². The fourth-order valence-electron chi connectivity index (χ4n) is 4.60. The Kier molecular flexibility index (Phi) is 5.41. The van der Waals surface area contributed by atoms with Crippen LogP contribution in [0.15, 0.2) is 36.5 Å². The first-order valence-corrected chi connectivity index (χ1v) is 10.3. The number of rotatable bonds is 7. The zero-order valence-electron chi connectivity index (χ0n) is 16.1. The van der Waals surface area contributed by atoms with Crippen molar-refractivity contribution in [2.24, 2.45) is 0 Å². The molecule has 0 bridgehead atoms. The Morgan fingerprint density at radius 2 is 2.04 bits per heavy atom. The molecular formula is C22H31N3O. The number of fused-ring (bicyclic) bond motifs is 1. The Morgan fingerprint density at radius 3 is 2.73 bits per heavy atom. The van der Waals surface area contributed by atoms with Crippen LogP contribution in [0.25, 0.3) is 5.69 Å². The molecule has 1 aromatic heterocycles. The van der Waals surface area contributed by atoms with Crippen LogP contribution in [0.4, 0.5) is 0 Å². The number of hydrogen-bond acceptors (Lipinski definition) is 3. The van der Waals surface area contributed by atoms with E-state index in [0.717, 1.165) is 25.3 Å². The van der Waals surface area contributed by atoms with Crippen LogP contribution in [0, 0.1) is 0 Å². The Morgan fingerprint density at radius 1 is 1.19 bits per heavy atom. The second-order valence-electron chi connectivity index (χ2n) is 7.63. The summed E-state index contributed by atoms with van der Waals surface area (Å²) in [5.41, 5.74) is 3.97. The molecule has 0 radical (unpaired) electrons. The van der Waals surface area contributed by atoms with Crippen LogP contribution in [0.2, 0.25) is 0 Å². The van der Waals surface area contributed by atoms with E-state index >= 15 is 0 Å². The van der Waals surface area contributed by atoms with E-state index in [1.165, 1.54) is 43.5 Å². The number of hydrogen-bond donors (Lipinski definition) is 0. The number of aromatic nitrogens is 2. The van der Waals surface area contributed by atoms with Gasteiger partial charge in [0.05, 0.1) is 24.6 Å². The van der Waals surface area contributed by atoms with Gasteiger partial charge in [-0.05, 0) is 62.3 Å². The predicted octanol–water partition coefficient (Wildman–Crippen LogP) is 4.18. The van der Waals surface area contributed by atoms with Gasteiger partial charge < -0.3 is 4.74 Å². The first-order chi connectivity index (χ1) is 12.8. The molecule has 4 nitrogen and oxygen atoms in total. The average molecular weight is 354 g/mol. The molecule has 1 aliphatic heterocycles. The third-order valence-electron chi connectivity index (χ3n) is 6.29. The van der Waals surface area contributed by atoms with Gasteiger partial charge in [-0.1, -0.05) is 32.0 Å². The van der Waals surface area contributed by atoms with E-state index in [1.807, 2.05) is 0 Å². The van der Waals surface area contributed by atoms with Gasteiger partial charge in [0.15, 0.2) is 0 Å². The van der Waals surface area contributed by atoms with Crippen LogP contribution < -0.4 is 0 Å². The largest absolute Gasteiger partial charge is 0.375 e. The molecule has 0 amide bonds. The Bertz CT molecular complexity index is 711. The number of morpholine rings is 1. The topological polar surface area (TPSA) is 30.3 Å². The standard InChI is InChI=1S/C22H31N3O/c1-3-17(12-13-24-14-15-26-22-11-10-21(22)24)19-16-23-25(20(19)4-2)18-8-6-5-7-9-18/h5-9,16-17,21-22H,3-4,10-15H2,1-2H3. The minimum absolute atomic E-state index is 0.510. The van der Waals surface area contributed by atoms with Gasteiger partial charge in [0, 0.05) is 18.3 Å². The fourth-order valence-corrected chi connectivity index (χ4v) is 4.60. The van der Waals surface area contributed by atoms with Gasteiger partial charge in [0.1, 0.15) is 0 Å². The van der Waals surface area contributed by atoms with Crippen LogP contribution in [0.1, 0.15) is 56.7 Å². The molecule has 0 spiro atoms. The first kappa shape index (κ1) is 17.7. The normalized spacial score (nSPS) is 24.1. The zero-order chi connectivity index (χ0) is 17.9. The lowest BCUT2D eigenvalue weighted by Crippen LogP contribution is -2.57.